The molecule has 0 bridgehead atoms. The monoisotopic (exact) mass is 490 g/mol. The van der Waals surface area contributed by atoms with E-state index in [0.29, 0.717) is 28.3 Å². The Morgan fingerprint density at radius 3 is 2.60 bits per heavy atom. The summed E-state index contributed by atoms with van der Waals surface area (Å²) in [6.45, 7) is 1.59. The highest BCUT2D eigenvalue weighted by Crippen LogP contribution is 2.45. The Balaban J connectivity index is 1.68. The second kappa shape index (κ2) is 9.49. The Morgan fingerprint density at radius 2 is 1.94 bits per heavy atom. The summed E-state index contributed by atoms with van der Waals surface area (Å²) < 4.78 is 53.3. The molecule has 4 rings (SSSR count). The summed E-state index contributed by atoms with van der Waals surface area (Å²) in [5.41, 5.74) is 1.49. The summed E-state index contributed by atoms with van der Waals surface area (Å²) in [5, 5.41) is 19.4. The molecule has 0 spiro atoms. The lowest BCUT2D eigenvalue weighted by molar-refractivity contribution is -0.173. The lowest BCUT2D eigenvalue weighted by atomic mass is 9.96. The number of carbonyl (C=O) groups is 1. The van der Waals surface area contributed by atoms with Gasteiger partial charge < -0.3 is 25.2 Å². The van der Waals surface area contributed by atoms with Crippen molar-refractivity contribution in [2.45, 2.75) is 37.7 Å². The number of anilines is 2. The molecule has 1 aliphatic heterocycles. The molecule has 0 saturated carbocycles. The summed E-state index contributed by atoms with van der Waals surface area (Å²) >= 11 is 0. The van der Waals surface area contributed by atoms with Crippen molar-refractivity contribution in [3.63, 3.8) is 0 Å². The van der Waals surface area contributed by atoms with Gasteiger partial charge in [-0.05, 0) is 42.3 Å². The van der Waals surface area contributed by atoms with Gasteiger partial charge in [0, 0.05) is 12.1 Å². The van der Waals surface area contributed by atoms with Crippen molar-refractivity contribution >= 4 is 17.4 Å². The van der Waals surface area contributed by atoms with Crippen molar-refractivity contribution in [1.29, 1.82) is 0 Å². The van der Waals surface area contributed by atoms with Gasteiger partial charge in [0.1, 0.15) is 11.4 Å². The number of benzene rings is 2. The van der Waals surface area contributed by atoms with E-state index in [1.165, 1.54) is 14.2 Å². The SMILES string of the molecule is COc1ccc([C@@H]2C[C@@H](C(F)(F)F)n3ncc(C(=O)Nc4cccc([C@H](C)O)c4)c3N2)cc1OC. The van der Waals surface area contributed by atoms with Gasteiger partial charge in [0.15, 0.2) is 17.5 Å². The van der Waals surface area contributed by atoms with Gasteiger partial charge in [-0.1, -0.05) is 18.2 Å². The third-order valence-corrected chi connectivity index (χ3v) is 5.92. The van der Waals surface area contributed by atoms with E-state index >= 15 is 0 Å². The molecule has 3 aromatic rings. The average Bonchev–Trinajstić information content (AvgIpc) is 3.26. The fraction of sp³-hybridized carbons (Fsp3) is 0.333. The normalized spacial score (nSPS) is 18.3. The number of rotatable bonds is 6. The third kappa shape index (κ3) is 4.90. The number of halogens is 3. The molecule has 2 aromatic carbocycles. The van der Waals surface area contributed by atoms with E-state index in [1.807, 2.05) is 0 Å². The maximum Gasteiger partial charge on any atom is 0.410 e. The molecule has 35 heavy (non-hydrogen) atoms. The van der Waals surface area contributed by atoms with Gasteiger partial charge in [-0.2, -0.15) is 18.3 Å². The molecule has 0 unspecified atom stereocenters. The minimum atomic E-state index is -4.59. The molecular weight excluding hydrogens is 465 g/mol. The van der Waals surface area contributed by atoms with Crippen LogP contribution in [0.4, 0.5) is 24.7 Å². The highest BCUT2D eigenvalue weighted by Gasteiger charge is 2.47. The molecule has 186 valence electrons. The molecule has 3 N–H and O–H groups in total. The fourth-order valence-electron chi connectivity index (χ4n) is 4.09. The van der Waals surface area contributed by atoms with E-state index in [2.05, 4.69) is 15.7 Å². The summed E-state index contributed by atoms with van der Waals surface area (Å²) in [7, 11) is 2.91. The zero-order chi connectivity index (χ0) is 25.3. The predicted molar refractivity (Wildman–Crippen MR) is 123 cm³/mol. The van der Waals surface area contributed by atoms with Crippen molar-refractivity contribution in [1.82, 2.24) is 9.78 Å². The van der Waals surface area contributed by atoms with Crippen molar-refractivity contribution in [3.8, 4) is 11.5 Å². The Bertz CT molecular complexity index is 1230. The first-order chi connectivity index (χ1) is 16.6. The number of fused-ring (bicyclic) bond motifs is 1. The number of nitrogens with one attached hydrogen (secondary N) is 2. The maximum absolute atomic E-state index is 14.0. The highest BCUT2D eigenvalue weighted by molar-refractivity contribution is 6.07. The van der Waals surface area contributed by atoms with E-state index < -0.39 is 30.3 Å². The summed E-state index contributed by atoms with van der Waals surface area (Å²) in [4.78, 5) is 13.0. The number of hydrogen-bond donors (Lipinski definition) is 3. The molecule has 0 aliphatic carbocycles. The van der Waals surface area contributed by atoms with Crippen molar-refractivity contribution in [3.05, 3.63) is 65.4 Å². The van der Waals surface area contributed by atoms with Crippen molar-refractivity contribution in [2.75, 3.05) is 24.9 Å². The van der Waals surface area contributed by atoms with Gasteiger partial charge in [0.2, 0.25) is 0 Å². The number of methoxy groups -OCH3 is 2. The smallest absolute Gasteiger partial charge is 0.410 e. The second-order valence-corrected chi connectivity index (χ2v) is 8.21. The molecule has 8 nitrogen and oxygen atoms in total. The first kappa shape index (κ1) is 24.4. The predicted octanol–water partition coefficient (Wildman–Crippen LogP) is 4.87. The van der Waals surface area contributed by atoms with E-state index in [9.17, 15) is 23.1 Å². The number of amides is 1. The van der Waals surface area contributed by atoms with Crippen LogP contribution in [0, 0.1) is 0 Å². The topological polar surface area (TPSA) is 97.6 Å². The molecule has 11 heteroatoms. The average molecular weight is 490 g/mol. The molecular formula is C24H25F3N4O4. The zero-order valence-corrected chi connectivity index (χ0v) is 19.3. The fourth-order valence-corrected chi connectivity index (χ4v) is 4.09. The van der Waals surface area contributed by atoms with Gasteiger partial charge >= 0.3 is 6.18 Å². The van der Waals surface area contributed by atoms with Gasteiger partial charge in [0.05, 0.1) is 32.6 Å². The van der Waals surface area contributed by atoms with Crippen LogP contribution in [0.15, 0.2) is 48.7 Å². The number of aliphatic hydroxyl groups is 1. The zero-order valence-electron chi connectivity index (χ0n) is 19.3. The molecule has 0 fully saturated rings. The van der Waals surface area contributed by atoms with Crippen LogP contribution in [-0.4, -0.2) is 41.2 Å². The summed E-state index contributed by atoms with van der Waals surface area (Å²) in [6, 6.07) is 8.76. The molecule has 2 heterocycles. The number of aromatic nitrogens is 2. The number of aliphatic hydroxyl groups excluding tert-OH is 1. The van der Waals surface area contributed by atoms with Gasteiger partial charge in [-0.3, -0.25) is 4.79 Å². The minimum absolute atomic E-state index is 0.0353. The number of carbonyl (C=O) groups excluding carboxylic acids is 1. The second-order valence-electron chi connectivity index (χ2n) is 8.21. The number of ether oxygens (including phenoxy) is 2. The van der Waals surface area contributed by atoms with Crippen LogP contribution >= 0.6 is 0 Å². The molecule has 1 aliphatic rings. The number of alkyl halides is 3. The van der Waals surface area contributed by atoms with Crippen LogP contribution < -0.4 is 20.1 Å². The standard InChI is InChI=1S/C24H25F3N4O4/c1-13(32)14-5-4-6-16(9-14)29-23(33)17-12-28-31-21(24(25,26)27)11-18(30-22(17)31)15-7-8-19(34-2)20(10-15)35-3/h4-10,12-13,18,21,30,32H,11H2,1-3H3,(H,29,33)/t13-,18-,21-/m0/s1. The van der Waals surface area contributed by atoms with Crippen LogP contribution in [0.1, 0.15) is 53.0 Å². The summed E-state index contributed by atoms with van der Waals surface area (Å²) in [5.74, 6) is 0.160. The molecule has 1 aromatic heterocycles. The van der Waals surface area contributed by atoms with Crippen LogP contribution in [0.25, 0.3) is 0 Å². The summed E-state index contributed by atoms with van der Waals surface area (Å²) in [6.07, 6.45) is -4.54. The third-order valence-electron chi connectivity index (χ3n) is 5.92. The first-order valence-electron chi connectivity index (χ1n) is 10.8. The van der Waals surface area contributed by atoms with Gasteiger partial charge in [0.25, 0.3) is 5.91 Å². The van der Waals surface area contributed by atoms with Crippen LogP contribution in [-0.2, 0) is 0 Å². The van der Waals surface area contributed by atoms with Crippen LogP contribution in [0.3, 0.4) is 0 Å². The molecule has 0 radical (unpaired) electrons. The first-order valence-corrected chi connectivity index (χ1v) is 10.8. The Labute approximate surface area is 199 Å². The largest absolute Gasteiger partial charge is 0.493 e. The van der Waals surface area contributed by atoms with Crippen LogP contribution in [0.5, 0.6) is 11.5 Å². The lowest BCUT2D eigenvalue weighted by Gasteiger charge is -2.34. The Hall–Kier alpha value is -3.73. The molecule has 3 atom stereocenters. The quantitative estimate of drug-likeness (QED) is 0.456. The van der Waals surface area contributed by atoms with E-state index in [1.54, 1.807) is 49.4 Å². The number of nitrogens with zero attached hydrogens (tertiary/aromatic N) is 2. The van der Waals surface area contributed by atoms with Crippen molar-refractivity contribution in [2.24, 2.45) is 0 Å². The Kier molecular flexibility index (Phi) is 6.62. The van der Waals surface area contributed by atoms with E-state index in [0.717, 1.165) is 10.9 Å². The Morgan fingerprint density at radius 1 is 1.20 bits per heavy atom. The minimum Gasteiger partial charge on any atom is -0.493 e. The van der Waals surface area contributed by atoms with Crippen LogP contribution in [0.2, 0.25) is 0 Å². The lowest BCUT2D eigenvalue weighted by Crippen LogP contribution is -2.36. The van der Waals surface area contributed by atoms with E-state index in [-0.39, 0.29) is 17.8 Å². The highest BCUT2D eigenvalue weighted by atomic mass is 19.4. The van der Waals surface area contributed by atoms with E-state index in [4.69, 9.17) is 9.47 Å². The molecule has 0 saturated heterocycles. The van der Waals surface area contributed by atoms with Gasteiger partial charge in [-0.25, -0.2) is 4.68 Å². The van der Waals surface area contributed by atoms with Gasteiger partial charge in [-0.15, -0.1) is 0 Å². The molecule has 1 amide bonds. The van der Waals surface area contributed by atoms with Crippen molar-refractivity contribution < 1.29 is 32.5 Å². The number of hydrogen-bond acceptors (Lipinski definition) is 6. The maximum atomic E-state index is 14.0.